The van der Waals surface area contributed by atoms with Gasteiger partial charge in [-0.3, -0.25) is 0 Å². The highest BCUT2D eigenvalue weighted by Gasteiger charge is 2.43. The SMILES string of the molecule is Cc1ccc(Oc2ccc(S(=O)(=O)C(CNC(=O)O)[C@@H]3COC(C)(C)O3)cc2)cc1. The van der Waals surface area contributed by atoms with Crippen LogP contribution in [0.25, 0.3) is 0 Å². The molecule has 9 heteroatoms. The summed E-state index contributed by atoms with van der Waals surface area (Å²) in [6, 6.07) is 13.5. The molecule has 162 valence electrons. The summed E-state index contributed by atoms with van der Waals surface area (Å²) in [4.78, 5) is 11.0. The van der Waals surface area contributed by atoms with Gasteiger partial charge < -0.3 is 24.6 Å². The summed E-state index contributed by atoms with van der Waals surface area (Å²) in [6.45, 7) is 5.06. The van der Waals surface area contributed by atoms with Gasteiger partial charge in [-0.25, -0.2) is 13.2 Å². The number of hydrogen-bond acceptors (Lipinski definition) is 6. The van der Waals surface area contributed by atoms with E-state index in [1.54, 1.807) is 26.0 Å². The largest absolute Gasteiger partial charge is 0.465 e. The van der Waals surface area contributed by atoms with Gasteiger partial charge in [0.1, 0.15) is 22.9 Å². The summed E-state index contributed by atoms with van der Waals surface area (Å²) >= 11 is 0. The van der Waals surface area contributed by atoms with Crippen LogP contribution in [0.1, 0.15) is 19.4 Å². The molecule has 8 nitrogen and oxygen atoms in total. The summed E-state index contributed by atoms with van der Waals surface area (Å²) < 4.78 is 43.4. The molecule has 2 aromatic carbocycles. The maximum absolute atomic E-state index is 13.2. The predicted molar refractivity (Wildman–Crippen MR) is 110 cm³/mol. The van der Waals surface area contributed by atoms with Crippen LogP contribution in [0, 0.1) is 6.92 Å². The Kier molecular flexibility index (Phi) is 6.35. The van der Waals surface area contributed by atoms with E-state index in [4.69, 9.17) is 19.3 Å². The van der Waals surface area contributed by atoms with Crippen LogP contribution in [0.2, 0.25) is 0 Å². The monoisotopic (exact) mass is 435 g/mol. The molecule has 0 aliphatic carbocycles. The van der Waals surface area contributed by atoms with Crippen molar-refractivity contribution in [2.75, 3.05) is 13.2 Å². The van der Waals surface area contributed by atoms with E-state index in [1.807, 2.05) is 31.2 Å². The Hall–Kier alpha value is -2.62. The first-order valence-electron chi connectivity index (χ1n) is 9.44. The fourth-order valence-corrected chi connectivity index (χ4v) is 4.84. The third-order valence-corrected chi connectivity index (χ3v) is 6.90. The molecule has 0 bridgehead atoms. The number of ether oxygens (including phenoxy) is 3. The minimum absolute atomic E-state index is 0.0456. The smallest absolute Gasteiger partial charge is 0.404 e. The molecule has 1 unspecified atom stereocenters. The molecule has 30 heavy (non-hydrogen) atoms. The van der Waals surface area contributed by atoms with E-state index < -0.39 is 33.1 Å². The molecule has 0 aromatic heterocycles. The van der Waals surface area contributed by atoms with Gasteiger partial charge >= 0.3 is 6.09 Å². The van der Waals surface area contributed by atoms with E-state index in [1.165, 1.54) is 12.1 Å². The van der Waals surface area contributed by atoms with E-state index in [0.29, 0.717) is 11.5 Å². The standard InChI is InChI=1S/C21H25NO7S/c1-14-4-6-15(7-5-14)28-16-8-10-17(11-9-16)30(25,26)19(12-22-20(23)24)18-13-27-21(2,3)29-18/h4-11,18-19,22H,12-13H2,1-3H3,(H,23,24)/t18-,19?/m0/s1. The molecule has 1 amide bonds. The number of nitrogens with one attached hydrogen (secondary N) is 1. The van der Waals surface area contributed by atoms with E-state index in [9.17, 15) is 13.2 Å². The third-order valence-electron chi connectivity index (χ3n) is 4.71. The number of sulfone groups is 1. The zero-order valence-corrected chi connectivity index (χ0v) is 17.8. The number of amides is 1. The van der Waals surface area contributed by atoms with Gasteiger partial charge in [-0.2, -0.15) is 0 Å². The van der Waals surface area contributed by atoms with Crippen molar-refractivity contribution in [3.63, 3.8) is 0 Å². The van der Waals surface area contributed by atoms with E-state index in [-0.39, 0.29) is 18.0 Å². The lowest BCUT2D eigenvalue weighted by molar-refractivity contribution is -0.138. The predicted octanol–water partition coefficient (Wildman–Crippen LogP) is 3.35. The van der Waals surface area contributed by atoms with Crippen LogP contribution in [0.5, 0.6) is 11.5 Å². The van der Waals surface area contributed by atoms with Crippen LogP contribution in [-0.4, -0.2) is 49.9 Å². The van der Waals surface area contributed by atoms with Gasteiger partial charge in [-0.05, 0) is 57.2 Å². The van der Waals surface area contributed by atoms with Crippen molar-refractivity contribution >= 4 is 15.9 Å². The normalized spacial score (nSPS) is 19.2. The highest BCUT2D eigenvalue weighted by atomic mass is 32.2. The number of aryl methyl sites for hydroxylation is 1. The highest BCUT2D eigenvalue weighted by molar-refractivity contribution is 7.92. The Morgan fingerprint density at radius 1 is 1.17 bits per heavy atom. The van der Waals surface area contributed by atoms with Crippen molar-refractivity contribution < 1.29 is 32.5 Å². The highest BCUT2D eigenvalue weighted by Crippen LogP contribution is 2.30. The molecule has 2 aromatic rings. The molecule has 1 saturated heterocycles. The van der Waals surface area contributed by atoms with E-state index >= 15 is 0 Å². The topological polar surface area (TPSA) is 111 Å². The van der Waals surface area contributed by atoms with Gasteiger partial charge in [0.05, 0.1) is 11.5 Å². The molecule has 0 saturated carbocycles. The number of rotatable bonds is 7. The van der Waals surface area contributed by atoms with Crippen molar-refractivity contribution in [1.29, 1.82) is 0 Å². The maximum Gasteiger partial charge on any atom is 0.404 e. The number of carboxylic acid groups (broad SMARTS) is 1. The molecule has 1 aliphatic rings. The van der Waals surface area contributed by atoms with Crippen LogP contribution >= 0.6 is 0 Å². The van der Waals surface area contributed by atoms with Crippen molar-refractivity contribution in [1.82, 2.24) is 5.32 Å². The zero-order chi connectivity index (χ0) is 21.9. The fourth-order valence-electron chi connectivity index (χ4n) is 3.14. The summed E-state index contributed by atoms with van der Waals surface area (Å²) in [5, 5.41) is 9.96. The van der Waals surface area contributed by atoms with Crippen LogP contribution in [-0.2, 0) is 19.3 Å². The van der Waals surface area contributed by atoms with Crippen LogP contribution in [0.3, 0.4) is 0 Å². The zero-order valence-electron chi connectivity index (χ0n) is 17.0. The molecule has 3 rings (SSSR count). The van der Waals surface area contributed by atoms with Crippen molar-refractivity contribution in [3.05, 3.63) is 54.1 Å². The molecule has 2 atom stereocenters. The average molecular weight is 435 g/mol. The van der Waals surface area contributed by atoms with Gasteiger partial charge in [0.2, 0.25) is 0 Å². The number of carbonyl (C=O) groups is 1. The Morgan fingerprint density at radius 3 is 2.23 bits per heavy atom. The average Bonchev–Trinajstić information content (AvgIpc) is 3.03. The first kappa shape index (κ1) is 22.1. The fraction of sp³-hybridized carbons (Fsp3) is 0.381. The Labute approximate surface area is 175 Å². The van der Waals surface area contributed by atoms with Gasteiger partial charge in [-0.1, -0.05) is 17.7 Å². The van der Waals surface area contributed by atoms with E-state index in [0.717, 1.165) is 5.56 Å². The molecular weight excluding hydrogens is 410 g/mol. The third kappa shape index (κ3) is 5.29. The summed E-state index contributed by atoms with van der Waals surface area (Å²) in [5.41, 5.74) is 1.10. The quantitative estimate of drug-likeness (QED) is 0.686. The van der Waals surface area contributed by atoms with Crippen molar-refractivity contribution in [2.24, 2.45) is 0 Å². The molecular formula is C21H25NO7S. The number of benzene rings is 2. The number of hydrogen-bond donors (Lipinski definition) is 2. The minimum Gasteiger partial charge on any atom is -0.465 e. The maximum atomic E-state index is 13.2. The lowest BCUT2D eigenvalue weighted by Crippen LogP contribution is -2.45. The first-order chi connectivity index (χ1) is 14.1. The Morgan fingerprint density at radius 2 is 1.73 bits per heavy atom. The lowest BCUT2D eigenvalue weighted by Gasteiger charge is -2.24. The summed E-state index contributed by atoms with van der Waals surface area (Å²) in [7, 11) is -3.91. The molecule has 0 spiro atoms. The summed E-state index contributed by atoms with van der Waals surface area (Å²) in [5.74, 6) is 0.186. The van der Waals surface area contributed by atoms with Crippen LogP contribution in [0.4, 0.5) is 4.79 Å². The van der Waals surface area contributed by atoms with Gasteiger partial charge in [0.25, 0.3) is 0 Å². The molecule has 1 fully saturated rings. The van der Waals surface area contributed by atoms with Gasteiger partial charge in [0.15, 0.2) is 15.6 Å². The Bertz CT molecular complexity index is 985. The van der Waals surface area contributed by atoms with Gasteiger partial charge in [0, 0.05) is 6.54 Å². The molecule has 1 aliphatic heterocycles. The lowest BCUT2D eigenvalue weighted by atomic mass is 10.2. The Balaban J connectivity index is 1.81. The molecule has 2 N–H and O–H groups in total. The van der Waals surface area contributed by atoms with Crippen LogP contribution in [0.15, 0.2) is 53.4 Å². The minimum atomic E-state index is -3.91. The molecule has 1 heterocycles. The first-order valence-corrected chi connectivity index (χ1v) is 11.0. The van der Waals surface area contributed by atoms with Crippen molar-refractivity contribution in [2.45, 2.75) is 42.8 Å². The van der Waals surface area contributed by atoms with Crippen molar-refractivity contribution in [3.8, 4) is 11.5 Å². The second-order valence-corrected chi connectivity index (χ2v) is 9.69. The second-order valence-electron chi connectivity index (χ2n) is 7.52. The van der Waals surface area contributed by atoms with Crippen LogP contribution < -0.4 is 10.1 Å². The van der Waals surface area contributed by atoms with Gasteiger partial charge in [-0.15, -0.1) is 0 Å². The summed E-state index contributed by atoms with van der Waals surface area (Å²) in [6.07, 6.45) is -2.12. The molecule has 0 radical (unpaired) electrons. The van der Waals surface area contributed by atoms with E-state index in [2.05, 4.69) is 5.32 Å². The second kappa shape index (κ2) is 8.63.